The molecule has 0 amide bonds. The van der Waals surface area contributed by atoms with Gasteiger partial charge in [0.25, 0.3) is 0 Å². The lowest BCUT2D eigenvalue weighted by Crippen LogP contribution is -2.37. The SMILES string of the molecule is CCCNc1ncnc(N(CC(F)(F)F)C2CC2)c1C. The number of nitrogens with zero attached hydrogens (tertiary/aromatic N) is 3. The molecular formula is C13H19F3N4. The van der Waals surface area contributed by atoms with Gasteiger partial charge in [-0.25, -0.2) is 9.97 Å². The molecule has 0 radical (unpaired) electrons. The summed E-state index contributed by atoms with van der Waals surface area (Å²) >= 11 is 0. The topological polar surface area (TPSA) is 41.1 Å². The van der Waals surface area contributed by atoms with Gasteiger partial charge in [-0.2, -0.15) is 13.2 Å². The molecule has 0 bridgehead atoms. The van der Waals surface area contributed by atoms with Crippen LogP contribution in [0.1, 0.15) is 31.7 Å². The molecule has 0 aliphatic heterocycles. The van der Waals surface area contributed by atoms with Crippen LogP contribution in [0.5, 0.6) is 0 Å². The van der Waals surface area contributed by atoms with Gasteiger partial charge in [-0.05, 0) is 26.2 Å². The summed E-state index contributed by atoms with van der Waals surface area (Å²) in [6, 6.07) is -0.0516. The molecule has 20 heavy (non-hydrogen) atoms. The number of halogens is 3. The summed E-state index contributed by atoms with van der Waals surface area (Å²) in [4.78, 5) is 9.53. The number of aromatic nitrogens is 2. The van der Waals surface area contributed by atoms with Crippen LogP contribution in [0.4, 0.5) is 24.8 Å². The maximum absolute atomic E-state index is 12.7. The van der Waals surface area contributed by atoms with Gasteiger partial charge in [-0.15, -0.1) is 0 Å². The van der Waals surface area contributed by atoms with Gasteiger partial charge in [0.05, 0.1) is 0 Å². The summed E-state index contributed by atoms with van der Waals surface area (Å²) in [6.45, 7) is 3.56. The highest BCUT2D eigenvalue weighted by atomic mass is 19.4. The molecule has 0 atom stereocenters. The van der Waals surface area contributed by atoms with E-state index in [0.29, 0.717) is 17.2 Å². The molecule has 0 saturated heterocycles. The van der Waals surface area contributed by atoms with Crippen LogP contribution in [-0.4, -0.2) is 35.3 Å². The Labute approximate surface area is 116 Å². The number of hydrogen-bond acceptors (Lipinski definition) is 4. The zero-order valence-electron chi connectivity index (χ0n) is 11.7. The summed E-state index contributed by atoms with van der Waals surface area (Å²) < 4.78 is 38.1. The second-order valence-electron chi connectivity index (χ2n) is 5.07. The average molecular weight is 288 g/mol. The van der Waals surface area contributed by atoms with Crippen molar-refractivity contribution in [3.63, 3.8) is 0 Å². The van der Waals surface area contributed by atoms with E-state index in [0.717, 1.165) is 25.8 Å². The first-order valence-electron chi connectivity index (χ1n) is 6.81. The Kier molecular flexibility index (Phi) is 4.35. The Hall–Kier alpha value is -1.53. The monoisotopic (exact) mass is 288 g/mol. The average Bonchev–Trinajstić information content (AvgIpc) is 3.18. The highest BCUT2D eigenvalue weighted by molar-refractivity contribution is 5.59. The van der Waals surface area contributed by atoms with Crippen molar-refractivity contribution in [2.24, 2.45) is 0 Å². The smallest absolute Gasteiger partial charge is 0.370 e. The van der Waals surface area contributed by atoms with Gasteiger partial charge in [-0.3, -0.25) is 0 Å². The van der Waals surface area contributed by atoms with Crippen LogP contribution in [0.2, 0.25) is 0 Å². The minimum absolute atomic E-state index is 0.0516. The van der Waals surface area contributed by atoms with E-state index >= 15 is 0 Å². The zero-order valence-corrected chi connectivity index (χ0v) is 11.7. The van der Waals surface area contributed by atoms with Crippen molar-refractivity contribution < 1.29 is 13.2 Å². The standard InChI is InChI=1S/C13H19F3N4/c1-3-6-17-11-9(2)12(19-8-18-11)20(10-4-5-10)7-13(14,15)16/h8,10H,3-7H2,1-2H3,(H,17,18,19). The fraction of sp³-hybridized carbons (Fsp3) is 0.692. The highest BCUT2D eigenvalue weighted by Crippen LogP contribution is 2.35. The van der Waals surface area contributed by atoms with Crippen molar-refractivity contribution in [2.45, 2.75) is 45.3 Å². The summed E-state index contributed by atoms with van der Waals surface area (Å²) in [5, 5.41) is 3.12. The van der Waals surface area contributed by atoms with Gasteiger partial charge >= 0.3 is 6.18 Å². The second-order valence-corrected chi connectivity index (χ2v) is 5.07. The minimum atomic E-state index is -4.23. The number of alkyl halides is 3. The first kappa shape index (κ1) is 14.9. The molecule has 1 aliphatic rings. The van der Waals surface area contributed by atoms with Crippen molar-refractivity contribution in [2.75, 3.05) is 23.3 Å². The van der Waals surface area contributed by atoms with Gasteiger partial charge < -0.3 is 10.2 Å². The van der Waals surface area contributed by atoms with Gasteiger partial charge in [0.1, 0.15) is 24.5 Å². The predicted octanol–water partition coefficient (Wildman–Crippen LogP) is 3.14. The fourth-order valence-corrected chi connectivity index (χ4v) is 2.11. The van der Waals surface area contributed by atoms with Crippen molar-refractivity contribution in [3.8, 4) is 0 Å². The molecule has 1 aromatic rings. The normalized spacial score (nSPS) is 15.2. The summed E-state index contributed by atoms with van der Waals surface area (Å²) in [6.07, 6.45) is -0.398. The predicted molar refractivity (Wildman–Crippen MR) is 72.0 cm³/mol. The van der Waals surface area contributed by atoms with Gasteiger partial charge in [0, 0.05) is 18.2 Å². The van der Waals surface area contributed by atoms with E-state index in [9.17, 15) is 13.2 Å². The molecule has 7 heteroatoms. The third-order valence-electron chi connectivity index (χ3n) is 3.21. The maximum atomic E-state index is 12.7. The molecule has 0 unspecified atom stereocenters. The van der Waals surface area contributed by atoms with Crippen molar-refractivity contribution in [1.29, 1.82) is 0 Å². The van der Waals surface area contributed by atoms with E-state index in [1.165, 1.54) is 11.2 Å². The lowest BCUT2D eigenvalue weighted by atomic mass is 10.2. The molecular weight excluding hydrogens is 269 g/mol. The van der Waals surface area contributed by atoms with Crippen molar-refractivity contribution in [1.82, 2.24) is 9.97 Å². The lowest BCUT2D eigenvalue weighted by molar-refractivity contribution is -0.120. The highest BCUT2D eigenvalue weighted by Gasteiger charge is 2.39. The number of anilines is 2. The van der Waals surface area contributed by atoms with Crippen LogP contribution >= 0.6 is 0 Å². The summed E-state index contributed by atoms with van der Waals surface area (Å²) in [7, 11) is 0. The molecule has 4 nitrogen and oxygen atoms in total. The van der Waals surface area contributed by atoms with Crippen LogP contribution in [-0.2, 0) is 0 Å². The first-order chi connectivity index (χ1) is 9.42. The van der Waals surface area contributed by atoms with Crippen LogP contribution in [0.15, 0.2) is 6.33 Å². The first-order valence-corrected chi connectivity index (χ1v) is 6.81. The molecule has 0 aromatic carbocycles. The van der Waals surface area contributed by atoms with Crippen LogP contribution < -0.4 is 10.2 Å². The molecule has 1 fully saturated rings. The Morgan fingerprint density at radius 1 is 1.35 bits per heavy atom. The second kappa shape index (κ2) is 5.85. The van der Waals surface area contributed by atoms with Crippen molar-refractivity contribution >= 4 is 11.6 Å². The molecule has 1 N–H and O–H groups in total. The minimum Gasteiger partial charge on any atom is -0.370 e. The number of hydrogen-bond donors (Lipinski definition) is 1. The Bertz CT molecular complexity index is 457. The van der Waals surface area contributed by atoms with Crippen LogP contribution in [0.3, 0.4) is 0 Å². The number of rotatable bonds is 6. The molecule has 1 heterocycles. The third-order valence-corrected chi connectivity index (χ3v) is 3.21. The van der Waals surface area contributed by atoms with E-state index < -0.39 is 12.7 Å². The summed E-state index contributed by atoms with van der Waals surface area (Å²) in [5.41, 5.74) is 0.678. The summed E-state index contributed by atoms with van der Waals surface area (Å²) in [5.74, 6) is 1.00. The Morgan fingerprint density at radius 2 is 2.05 bits per heavy atom. The van der Waals surface area contributed by atoms with E-state index in [-0.39, 0.29) is 6.04 Å². The van der Waals surface area contributed by atoms with E-state index in [2.05, 4.69) is 15.3 Å². The van der Waals surface area contributed by atoms with E-state index in [1.54, 1.807) is 6.92 Å². The van der Waals surface area contributed by atoms with E-state index in [1.807, 2.05) is 6.92 Å². The maximum Gasteiger partial charge on any atom is 0.405 e. The molecule has 1 saturated carbocycles. The molecule has 1 aromatic heterocycles. The zero-order chi connectivity index (χ0) is 14.8. The Balaban J connectivity index is 2.24. The third kappa shape index (κ3) is 3.74. The quantitative estimate of drug-likeness (QED) is 0.873. The van der Waals surface area contributed by atoms with Gasteiger partial charge in [0.15, 0.2) is 0 Å². The van der Waals surface area contributed by atoms with Crippen LogP contribution in [0, 0.1) is 6.92 Å². The lowest BCUT2D eigenvalue weighted by Gasteiger charge is -2.26. The van der Waals surface area contributed by atoms with Crippen LogP contribution in [0.25, 0.3) is 0 Å². The number of nitrogens with one attached hydrogen (secondary N) is 1. The van der Waals surface area contributed by atoms with Gasteiger partial charge in [0.2, 0.25) is 0 Å². The largest absolute Gasteiger partial charge is 0.405 e. The molecule has 0 spiro atoms. The van der Waals surface area contributed by atoms with Gasteiger partial charge in [-0.1, -0.05) is 6.92 Å². The molecule has 1 aliphatic carbocycles. The molecule has 2 rings (SSSR count). The molecule has 112 valence electrons. The van der Waals surface area contributed by atoms with Crippen molar-refractivity contribution in [3.05, 3.63) is 11.9 Å². The Morgan fingerprint density at radius 3 is 2.60 bits per heavy atom. The fourth-order valence-electron chi connectivity index (χ4n) is 2.11. The van der Waals surface area contributed by atoms with E-state index in [4.69, 9.17) is 0 Å².